The highest BCUT2D eigenvalue weighted by molar-refractivity contribution is 8.26. The molecule has 3 rings (SSSR count). The van der Waals surface area contributed by atoms with Gasteiger partial charge in [-0.1, -0.05) is 72.5 Å². The van der Waals surface area contributed by atoms with Crippen LogP contribution in [-0.2, 0) is 11.3 Å². The second-order valence-corrected chi connectivity index (χ2v) is 7.94. The van der Waals surface area contributed by atoms with E-state index in [2.05, 4.69) is 6.58 Å². The number of methoxy groups -OCH3 is 1. The first-order valence-corrected chi connectivity index (χ1v) is 9.97. The number of rotatable bonds is 7. The zero-order chi connectivity index (χ0) is 20.1. The van der Waals surface area contributed by atoms with Gasteiger partial charge in [-0.2, -0.15) is 0 Å². The lowest BCUT2D eigenvalue weighted by molar-refractivity contribution is -0.122. The van der Waals surface area contributed by atoms with Gasteiger partial charge in [0.25, 0.3) is 5.91 Å². The lowest BCUT2D eigenvalue weighted by Crippen LogP contribution is -2.27. The second kappa shape index (κ2) is 9.08. The van der Waals surface area contributed by atoms with Crippen molar-refractivity contribution in [1.29, 1.82) is 0 Å². The molecule has 1 amide bonds. The third-order valence-corrected chi connectivity index (χ3v) is 5.55. The summed E-state index contributed by atoms with van der Waals surface area (Å²) in [6, 6.07) is 13.6. The van der Waals surface area contributed by atoms with Crippen molar-refractivity contribution in [2.75, 3.05) is 13.7 Å². The number of benzene rings is 2. The minimum atomic E-state index is -0.0819. The Balaban J connectivity index is 1.79. The molecule has 0 aromatic heterocycles. The standard InChI is InChI=1S/C22H21NO3S2/c1-4-11-26-18-10-9-17(12-19(18)25-3)13-20-21(24)23(22(27)28-20)14-16-7-5-15(2)6-8-16/h4-10,12-13H,1,11,14H2,2-3H3. The molecule has 2 aromatic carbocycles. The van der Waals surface area contributed by atoms with Gasteiger partial charge < -0.3 is 9.47 Å². The highest BCUT2D eigenvalue weighted by atomic mass is 32.2. The Morgan fingerprint density at radius 1 is 1.18 bits per heavy atom. The van der Waals surface area contributed by atoms with Crippen molar-refractivity contribution in [1.82, 2.24) is 4.90 Å². The van der Waals surface area contributed by atoms with Crippen LogP contribution in [0.15, 0.2) is 60.0 Å². The molecule has 1 aliphatic rings. The van der Waals surface area contributed by atoms with Crippen molar-refractivity contribution in [3.63, 3.8) is 0 Å². The maximum atomic E-state index is 12.8. The summed E-state index contributed by atoms with van der Waals surface area (Å²) in [7, 11) is 1.58. The number of aryl methyl sites for hydroxylation is 1. The Morgan fingerprint density at radius 2 is 1.93 bits per heavy atom. The van der Waals surface area contributed by atoms with Gasteiger partial charge in [-0.3, -0.25) is 9.69 Å². The third-order valence-electron chi connectivity index (χ3n) is 4.18. The van der Waals surface area contributed by atoms with Crippen molar-refractivity contribution in [3.05, 3.63) is 76.7 Å². The van der Waals surface area contributed by atoms with E-state index in [1.165, 1.54) is 17.3 Å². The molecule has 1 fully saturated rings. The van der Waals surface area contributed by atoms with E-state index in [0.29, 0.717) is 33.9 Å². The fraction of sp³-hybridized carbons (Fsp3) is 0.182. The first-order chi connectivity index (χ1) is 13.5. The molecule has 1 saturated heterocycles. The first kappa shape index (κ1) is 20.2. The number of carbonyl (C=O) groups is 1. The van der Waals surface area contributed by atoms with Gasteiger partial charge in [0.05, 0.1) is 18.6 Å². The SMILES string of the molecule is C=CCOc1ccc(C=C2SC(=S)N(Cc3ccc(C)cc3)C2=O)cc1OC. The predicted molar refractivity (Wildman–Crippen MR) is 119 cm³/mol. The summed E-state index contributed by atoms with van der Waals surface area (Å²) in [4.78, 5) is 15.1. The summed E-state index contributed by atoms with van der Waals surface area (Å²) in [5.41, 5.74) is 3.08. The number of ether oxygens (including phenoxy) is 2. The van der Waals surface area contributed by atoms with Crippen LogP contribution in [0.1, 0.15) is 16.7 Å². The quantitative estimate of drug-likeness (QED) is 0.365. The fourth-order valence-electron chi connectivity index (χ4n) is 2.71. The molecule has 0 spiro atoms. The molecular formula is C22H21NO3S2. The van der Waals surface area contributed by atoms with Gasteiger partial charge in [0.15, 0.2) is 11.5 Å². The minimum Gasteiger partial charge on any atom is -0.493 e. The monoisotopic (exact) mass is 411 g/mol. The molecule has 0 bridgehead atoms. The molecular weight excluding hydrogens is 390 g/mol. The second-order valence-electron chi connectivity index (χ2n) is 6.26. The number of hydrogen-bond acceptors (Lipinski definition) is 5. The number of thioether (sulfide) groups is 1. The van der Waals surface area contributed by atoms with Crippen LogP contribution < -0.4 is 9.47 Å². The molecule has 1 heterocycles. The Labute approximate surface area is 174 Å². The van der Waals surface area contributed by atoms with E-state index >= 15 is 0 Å². The lowest BCUT2D eigenvalue weighted by Gasteiger charge is -2.14. The van der Waals surface area contributed by atoms with Crippen LogP contribution >= 0.6 is 24.0 Å². The lowest BCUT2D eigenvalue weighted by atomic mass is 10.1. The number of amides is 1. The van der Waals surface area contributed by atoms with E-state index in [9.17, 15) is 4.79 Å². The number of hydrogen-bond donors (Lipinski definition) is 0. The molecule has 0 atom stereocenters. The molecule has 2 aromatic rings. The van der Waals surface area contributed by atoms with Gasteiger partial charge in [-0.05, 0) is 36.3 Å². The number of thiocarbonyl (C=S) groups is 1. The summed E-state index contributed by atoms with van der Waals surface area (Å²) < 4.78 is 11.5. The van der Waals surface area contributed by atoms with E-state index < -0.39 is 0 Å². The Bertz CT molecular complexity index is 935. The highest BCUT2D eigenvalue weighted by Gasteiger charge is 2.32. The minimum absolute atomic E-state index is 0.0819. The van der Waals surface area contributed by atoms with E-state index in [4.69, 9.17) is 21.7 Å². The van der Waals surface area contributed by atoms with E-state index in [-0.39, 0.29) is 5.91 Å². The summed E-state index contributed by atoms with van der Waals surface area (Å²) in [5, 5.41) is 0. The van der Waals surface area contributed by atoms with Crippen molar-refractivity contribution in [2.24, 2.45) is 0 Å². The van der Waals surface area contributed by atoms with Crippen LogP contribution in [0.2, 0.25) is 0 Å². The van der Waals surface area contributed by atoms with Crippen LogP contribution in [0.25, 0.3) is 6.08 Å². The molecule has 0 radical (unpaired) electrons. The third kappa shape index (κ3) is 4.64. The van der Waals surface area contributed by atoms with Crippen molar-refractivity contribution in [2.45, 2.75) is 13.5 Å². The summed E-state index contributed by atoms with van der Waals surface area (Å²) >= 11 is 6.74. The topological polar surface area (TPSA) is 38.8 Å². The molecule has 0 N–H and O–H groups in total. The smallest absolute Gasteiger partial charge is 0.266 e. The molecule has 1 aliphatic heterocycles. The number of nitrogens with zero attached hydrogens (tertiary/aromatic N) is 1. The molecule has 0 aliphatic carbocycles. The van der Waals surface area contributed by atoms with Gasteiger partial charge in [-0.25, -0.2) is 0 Å². The zero-order valence-electron chi connectivity index (χ0n) is 15.8. The largest absolute Gasteiger partial charge is 0.493 e. The molecule has 0 unspecified atom stereocenters. The molecule has 4 nitrogen and oxygen atoms in total. The van der Waals surface area contributed by atoms with Crippen LogP contribution in [0.4, 0.5) is 0 Å². The van der Waals surface area contributed by atoms with E-state index in [0.717, 1.165) is 11.1 Å². The summed E-state index contributed by atoms with van der Waals surface area (Å²) in [6.07, 6.45) is 3.50. The average molecular weight is 412 g/mol. The Morgan fingerprint density at radius 3 is 2.61 bits per heavy atom. The zero-order valence-corrected chi connectivity index (χ0v) is 17.4. The predicted octanol–water partition coefficient (Wildman–Crippen LogP) is 4.97. The fourth-order valence-corrected chi connectivity index (χ4v) is 3.96. The van der Waals surface area contributed by atoms with E-state index in [1.54, 1.807) is 18.1 Å². The van der Waals surface area contributed by atoms with Gasteiger partial charge in [-0.15, -0.1) is 0 Å². The maximum Gasteiger partial charge on any atom is 0.266 e. The normalized spacial score (nSPS) is 15.2. The van der Waals surface area contributed by atoms with Crippen molar-refractivity contribution < 1.29 is 14.3 Å². The van der Waals surface area contributed by atoms with Gasteiger partial charge >= 0.3 is 0 Å². The average Bonchev–Trinajstić information content (AvgIpc) is 2.95. The van der Waals surface area contributed by atoms with E-state index in [1.807, 2.05) is 55.5 Å². The van der Waals surface area contributed by atoms with Crippen LogP contribution in [0.5, 0.6) is 11.5 Å². The maximum absolute atomic E-state index is 12.8. The Hall–Kier alpha value is -2.57. The van der Waals surface area contributed by atoms with Crippen molar-refractivity contribution >= 4 is 40.3 Å². The molecule has 6 heteroatoms. The highest BCUT2D eigenvalue weighted by Crippen LogP contribution is 2.35. The summed E-state index contributed by atoms with van der Waals surface area (Å²) in [5.74, 6) is 1.15. The van der Waals surface area contributed by atoms with Gasteiger partial charge in [0, 0.05) is 0 Å². The van der Waals surface area contributed by atoms with Crippen LogP contribution in [-0.4, -0.2) is 28.8 Å². The number of carbonyl (C=O) groups excluding carboxylic acids is 1. The Kier molecular flexibility index (Phi) is 6.54. The molecule has 28 heavy (non-hydrogen) atoms. The van der Waals surface area contributed by atoms with Crippen LogP contribution in [0.3, 0.4) is 0 Å². The van der Waals surface area contributed by atoms with Crippen LogP contribution in [0, 0.1) is 6.92 Å². The first-order valence-electron chi connectivity index (χ1n) is 8.74. The summed E-state index contributed by atoms with van der Waals surface area (Å²) in [6.45, 7) is 6.55. The van der Waals surface area contributed by atoms with Gasteiger partial charge in [0.2, 0.25) is 0 Å². The van der Waals surface area contributed by atoms with Crippen molar-refractivity contribution in [3.8, 4) is 11.5 Å². The molecule has 0 saturated carbocycles. The molecule has 144 valence electrons. The van der Waals surface area contributed by atoms with Gasteiger partial charge in [0.1, 0.15) is 10.9 Å².